The van der Waals surface area contributed by atoms with Crippen LogP contribution in [0.1, 0.15) is 62.0 Å². The van der Waals surface area contributed by atoms with E-state index in [9.17, 15) is 29.7 Å². The average Bonchev–Trinajstić information content (AvgIpc) is 3.80. The van der Waals surface area contributed by atoms with E-state index < -0.39 is 17.7 Å². The molecular weight excluding hydrogens is 813 g/mol. The summed E-state index contributed by atoms with van der Waals surface area (Å²) in [4.78, 5) is 45.6. The van der Waals surface area contributed by atoms with Gasteiger partial charge in [-0.3, -0.25) is 14.5 Å². The van der Waals surface area contributed by atoms with Gasteiger partial charge >= 0.3 is 5.97 Å². The number of piperidine rings is 1. The number of likely N-dealkylation sites (tertiary alicyclic amines) is 1. The zero-order valence-corrected chi connectivity index (χ0v) is 35.5. The summed E-state index contributed by atoms with van der Waals surface area (Å²) in [6.07, 6.45) is 0.951. The van der Waals surface area contributed by atoms with Crippen molar-refractivity contribution in [3.05, 3.63) is 194 Å². The number of amides is 1. The number of rotatable bonds is 16. The molecule has 5 aromatic carbocycles. The first-order chi connectivity index (χ1) is 30.6. The van der Waals surface area contributed by atoms with E-state index in [-0.39, 0.29) is 41.8 Å². The maximum Gasteiger partial charge on any atom is 0.347 e. The number of nitrogens with one attached hydrogen (secondary N) is 3. The lowest BCUT2D eigenvalue weighted by Gasteiger charge is -2.33. The van der Waals surface area contributed by atoms with Gasteiger partial charge in [0.2, 0.25) is 11.2 Å². The minimum absolute atomic E-state index is 0.0636. The molecule has 2 aromatic heterocycles. The van der Waals surface area contributed by atoms with Crippen molar-refractivity contribution in [1.29, 1.82) is 0 Å². The van der Waals surface area contributed by atoms with E-state index >= 15 is 0 Å². The van der Waals surface area contributed by atoms with Gasteiger partial charge < -0.3 is 35.7 Å². The third kappa shape index (κ3) is 10.3. The number of hydrogen-bond acceptors (Lipinski definition) is 10. The Morgan fingerprint density at radius 2 is 1.49 bits per heavy atom. The molecule has 0 aliphatic carbocycles. The number of phenols is 1. The summed E-state index contributed by atoms with van der Waals surface area (Å²) >= 11 is 1.55. The van der Waals surface area contributed by atoms with Crippen molar-refractivity contribution >= 4 is 34.1 Å². The summed E-state index contributed by atoms with van der Waals surface area (Å²) in [5, 5.41) is 39.9. The van der Waals surface area contributed by atoms with E-state index in [0.29, 0.717) is 40.7 Å². The summed E-state index contributed by atoms with van der Waals surface area (Å²) in [5.41, 5.74) is 3.05. The molecule has 0 saturated carbocycles. The molecular formula is C51H50N4O7S. The van der Waals surface area contributed by atoms with Gasteiger partial charge in [0.05, 0.1) is 24.8 Å². The van der Waals surface area contributed by atoms with E-state index in [4.69, 9.17) is 4.74 Å². The van der Waals surface area contributed by atoms with Crippen LogP contribution >= 0.6 is 11.3 Å². The van der Waals surface area contributed by atoms with Crippen LogP contribution in [0.5, 0.6) is 5.75 Å². The van der Waals surface area contributed by atoms with Crippen LogP contribution < -0.4 is 16.2 Å². The van der Waals surface area contributed by atoms with Gasteiger partial charge in [-0.15, -0.1) is 11.3 Å². The zero-order chi connectivity index (χ0) is 43.8. The highest BCUT2D eigenvalue weighted by molar-refractivity contribution is 7.15. The summed E-state index contributed by atoms with van der Waals surface area (Å²) in [6, 6.07) is 43.9. The summed E-state index contributed by atoms with van der Waals surface area (Å²) in [7, 11) is 0. The Balaban J connectivity index is 0.826. The number of aromatic nitrogens is 1. The molecule has 6 N–H and O–H groups in total. The number of pyridine rings is 1. The second-order valence-electron chi connectivity index (χ2n) is 16.0. The average molecular weight is 863 g/mol. The number of phenolic OH excluding ortho intramolecular Hbond substituents is 1. The topological polar surface area (TPSA) is 164 Å². The van der Waals surface area contributed by atoms with Crippen molar-refractivity contribution in [3.8, 4) is 16.2 Å². The number of aliphatic hydroxyl groups is 2. The van der Waals surface area contributed by atoms with Gasteiger partial charge in [0.15, 0.2) is 0 Å². The SMILES string of the molecule is O=C(NCc1ccc(-c2ccc(C(O)(C(=O)OCC3CCN(Cc4ccccc4)CC3)c3ccccc3)cc2)s1)c1ccc(CNCC(O)c2ccc(O)c3[nH]c(=O)ccc23)cc1. The number of aliphatic hydroxyl groups excluding tert-OH is 1. The number of hydrogen-bond donors (Lipinski definition) is 6. The first-order valence-electron chi connectivity index (χ1n) is 21.2. The number of aromatic hydroxyl groups is 1. The van der Waals surface area contributed by atoms with Crippen molar-refractivity contribution in [2.75, 3.05) is 26.2 Å². The summed E-state index contributed by atoms with van der Waals surface area (Å²) < 4.78 is 5.90. The number of carbonyl (C=O) groups is 2. The van der Waals surface area contributed by atoms with Gasteiger partial charge in [-0.05, 0) is 102 Å². The molecule has 1 amide bonds. The molecule has 322 valence electrons. The van der Waals surface area contributed by atoms with Crippen LogP contribution in [0.4, 0.5) is 0 Å². The number of benzene rings is 5. The molecule has 0 spiro atoms. The molecule has 12 heteroatoms. The Kier molecular flexibility index (Phi) is 13.6. The highest BCUT2D eigenvalue weighted by atomic mass is 32.1. The molecule has 0 bridgehead atoms. The van der Waals surface area contributed by atoms with Crippen LogP contribution in [0, 0.1) is 5.92 Å². The molecule has 2 atom stereocenters. The third-order valence-electron chi connectivity index (χ3n) is 11.7. The number of nitrogens with zero attached hydrogens (tertiary/aromatic N) is 1. The first kappa shape index (κ1) is 43.2. The number of ether oxygens (including phenoxy) is 1. The van der Waals surface area contributed by atoms with Crippen molar-refractivity contribution in [2.24, 2.45) is 5.92 Å². The van der Waals surface area contributed by atoms with E-state index in [1.165, 1.54) is 17.7 Å². The molecule has 1 aliphatic rings. The van der Waals surface area contributed by atoms with Gasteiger partial charge in [0.1, 0.15) is 5.75 Å². The maximum atomic E-state index is 13.8. The normalized spacial score (nSPS) is 14.8. The van der Waals surface area contributed by atoms with Gasteiger partial charge in [0.25, 0.3) is 5.91 Å². The molecule has 1 aliphatic heterocycles. The lowest BCUT2D eigenvalue weighted by Crippen LogP contribution is -2.40. The van der Waals surface area contributed by atoms with Crippen molar-refractivity contribution in [3.63, 3.8) is 0 Å². The van der Waals surface area contributed by atoms with Crippen molar-refractivity contribution in [2.45, 2.75) is 44.2 Å². The molecule has 0 radical (unpaired) electrons. The quantitative estimate of drug-likeness (QED) is 0.0544. The molecule has 11 nitrogen and oxygen atoms in total. The molecule has 1 fully saturated rings. The third-order valence-corrected chi connectivity index (χ3v) is 12.8. The Labute approximate surface area is 369 Å². The minimum Gasteiger partial charge on any atom is -0.506 e. The number of aromatic amines is 1. The molecule has 8 rings (SSSR count). The van der Waals surface area contributed by atoms with Crippen LogP contribution in [-0.2, 0) is 34.8 Å². The number of H-pyrrole nitrogens is 1. The number of carbonyl (C=O) groups excluding carboxylic acids is 2. The number of thiophene rings is 1. The Hall–Kier alpha value is -6.41. The van der Waals surface area contributed by atoms with E-state index in [1.807, 2.05) is 48.5 Å². The van der Waals surface area contributed by atoms with E-state index in [0.717, 1.165) is 53.4 Å². The Morgan fingerprint density at radius 3 is 2.22 bits per heavy atom. The van der Waals surface area contributed by atoms with Gasteiger partial charge in [-0.25, -0.2) is 4.79 Å². The highest BCUT2D eigenvalue weighted by Crippen LogP contribution is 2.35. The predicted octanol–water partition coefficient (Wildman–Crippen LogP) is 7.41. The second kappa shape index (κ2) is 19.7. The van der Waals surface area contributed by atoms with E-state index in [2.05, 4.69) is 44.8 Å². The smallest absolute Gasteiger partial charge is 0.347 e. The van der Waals surface area contributed by atoms with Crippen LogP contribution in [-0.4, -0.2) is 63.3 Å². The Bertz CT molecular complexity index is 2700. The largest absolute Gasteiger partial charge is 0.506 e. The lowest BCUT2D eigenvalue weighted by molar-refractivity contribution is -0.164. The molecule has 63 heavy (non-hydrogen) atoms. The van der Waals surface area contributed by atoms with Crippen molar-refractivity contribution < 1.29 is 29.6 Å². The van der Waals surface area contributed by atoms with Crippen LogP contribution in [0.3, 0.4) is 0 Å². The maximum absolute atomic E-state index is 13.8. The van der Waals surface area contributed by atoms with Gasteiger partial charge in [-0.2, -0.15) is 0 Å². The number of fused-ring (bicyclic) bond motifs is 1. The van der Waals surface area contributed by atoms with Crippen LogP contribution in [0.2, 0.25) is 0 Å². The summed E-state index contributed by atoms with van der Waals surface area (Å²) in [6.45, 7) is 4.04. The van der Waals surface area contributed by atoms with Crippen LogP contribution in [0.25, 0.3) is 21.3 Å². The lowest BCUT2D eigenvalue weighted by atomic mass is 9.85. The molecule has 3 heterocycles. The fourth-order valence-corrected chi connectivity index (χ4v) is 9.05. The fourth-order valence-electron chi connectivity index (χ4n) is 8.09. The van der Waals surface area contributed by atoms with Gasteiger partial charge in [-0.1, -0.05) is 103 Å². The predicted molar refractivity (Wildman–Crippen MR) is 245 cm³/mol. The standard InChI is InChI=1S/C51H50N4O7S/c56-44-22-20-42(43-21-24-47(58)54-48(43)44)45(57)31-52-29-34-11-13-38(14-12-34)49(59)53-30-41-19-23-46(63-41)37-15-17-40(18-16-37)51(61,39-9-5-2-6-10-39)50(60)62-33-36-25-27-55(28-26-36)32-35-7-3-1-4-8-35/h1-24,36,45,52,56-57,61H,25-33H2,(H,53,59)(H,54,58). The highest BCUT2D eigenvalue weighted by Gasteiger charge is 2.42. The first-order valence-corrected chi connectivity index (χ1v) is 22.0. The van der Waals surface area contributed by atoms with Crippen molar-refractivity contribution in [1.82, 2.24) is 20.5 Å². The monoisotopic (exact) mass is 862 g/mol. The van der Waals surface area contributed by atoms with Crippen LogP contribution in [0.15, 0.2) is 150 Å². The zero-order valence-electron chi connectivity index (χ0n) is 34.7. The number of esters is 1. The minimum atomic E-state index is -1.98. The molecule has 1 saturated heterocycles. The fraction of sp³-hybridized carbons (Fsp3) is 0.235. The van der Waals surface area contributed by atoms with E-state index in [1.54, 1.807) is 72.0 Å². The Morgan fingerprint density at radius 1 is 0.794 bits per heavy atom. The van der Waals surface area contributed by atoms with Gasteiger partial charge in [0, 0.05) is 46.4 Å². The second-order valence-corrected chi connectivity index (χ2v) is 17.2. The summed E-state index contributed by atoms with van der Waals surface area (Å²) in [5.74, 6) is -0.737. The molecule has 7 aromatic rings. The molecule has 2 unspecified atom stereocenters.